The van der Waals surface area contributed by atoms with E-state index < -0.39 is 0 Å². The highest BCUT2D eigenvalue weighted by Gasteiger charge is 2.05. The standard InChI is InChI=1S/C8H13N3S/c1-2-7(5-9)12-8-3-4-10-6-11-8/h3-4,6-7H,2,5,9H2,1H3. The summed E-state index contributed by atoms with van der Waals surface area (Å²) in [6, 6.07) is 1.91. The lowest BCUT2D eigenvalue weighted by molar-refractivity contribution is 0.823. The van der Waals surface area contributed by atoms with Gasteiger partial charge in [0, 0.05) is 18.0 Å². The molecule has 0 spiro atoms. The number of rotatable bonds is 4. The Morgan fingerprint density at radius 2 is 2.50 bits per heavy atom. The van der Waals surface area contributed by atoms with Gasteiger partial charge in [-0.15, -0.1) is 11.8 Å². The molecule has 1 atom stereocenters. The van der Waals surface area contributed by atoms with Crippen LogP contribution >= 0.6 is 11.8 Å². The maximum absolute atomic E-state index is 5.57. The van der Waals surface area contributed by atoms with Crippen LogP contribution in [-0.2, 0) is 0 Å². The quantitative estimate of drug-likeness (QED) is 0.565. The maximum atomic E-state index is 5.57. The third-order valence-electron chi connectivity index (χ3n) is 1.56. The van der Waals surface area contributed by atoms with Gasteiger partial charge in [-0.05, 0) is 12.5 Å². The Hall–Kier alpha value is -0.610. The summed E-state index contributed by atoms with van der Waals surface area (Å²) in [4.78, 5) is 7.96. The van der Waals surface area contributed by atoms with E-state index in [0.29, 0.717) is 11.8 Å². The molecule has 0 aliphatic heterocycles. The molecule has 0 amide bonds. The zero-order valence-corrected chi connectivity index (χ0v) is 7.92. The highest BCUT2D eigenvalue weighted by molar-refractivity contribution is 7.99. The molecular weight excluding hydrogens is 170 g/mol. The largest absolute Gasteiger partial charge is 0.329 e. The highest BCUT2D eigenvalue weighted by atomic mass is 32.2. The van der Waals surface area contributed by atoms with Crippen molar-refractivity contribution in [2.75, 3.05) is 6.54 Å². The van der Waals surface area contributed by atoms with Crippen molar-refractivity contribution in [3.8, 4) is 0 Å². The molecule has 1 aromatic heterocycles. The summed E-state index contributed by atoms with van der Waals surface area (Å²) in [5, 5.41) is 1.47. The summed E-state index contributed by atoms with van der Waals surface area (Å²) in [5.74, 6) is 0. The lowest BCUT2D eigenvalue weighted by atomic mass is 10.3. The number of nitrogens with zero attached hydrogens (tertiary/aromatic N) is 2. The molecule has 0 aliphatic rings. The van der Waals surface area contributed by atoms with Crippen molar-refractivity contribution < 1.29 is 0 Å². The van der Waals surface area contributed by atoms with Crippen molar-refractivity contribution in [3.63, 3.8) is 0 Å². The van der Waals surface area contributed by atoms with Gasteiger partial charge in [-0.25, -0.2) is 9.97 Å². The van der Waals surface area contributed by atoms with Gasteiger partial charge in [-0.2, -0.15) is 0 Å². The van der Waals surface area contributed by atoms with Crippen LogP contribution in [0.1, 0.15) is 13.3 Å². The van der Waals surface area contributed by atoms with Gasteiger partial charge < -0.3 is 5.73 Å². The zero-order valence-electron chi connectivity index (χ0n) is 7.10. The summed E-state index contributed by atoms with van der Waals surface area (Å²) in [6.07, 6.45) is 4.38. The minimum atomic E-state index is 0.472. The third-order valence-corrected chi connectivity index (χ3v) is 2.90. The predicted octanol–water partition coefficient (Wildman–Crippen LogP) is 1.31. The van der Waals surface area contributed by atoms with Crippen LogP contribution in [0.5, 0.6) is 0 Å². The van der Waals surface area contributed by atoms with Crippen molar-refractivity contribution in [1.29, 1.82) is 0 Å². The van der Waals surface area contributed by atoms with Crippen LogP contribution in [0.25, 0.3) is 0 Å². The normalized spacial score (nSPS) is 12.8. The number of hydrogen-bond acceptors (Lipinski definition) is 4. The van der Waals surface area contributed by atoms with Crippen molar-refractivity contribution in [3.05, 3.63) is 18.6 Å². The van der Waals surface area contributed by atoms with Gasteiger partial charge in [0.05, 0.1) is 5.03 Å². The zero-order chi connectivity index (χ0) is 8.81. The molecule has 0 fully saturated rings. The second-order valence-electron chi connectivity index (χ2n) is 2.43. The van der Waals surface area contributed by atoms with Crippen LogP contribution in [0.3, 0.4) is 0 Å². The van der Waals surface area contributed by atoms with E-state index in [1.54, 1.807) is 24.3 Å². The Kier molecular flexibility index (Phi) is 4.04. The second-order valence-corrected chi connectivity index (χ2v) is 3.75. The molecule has 0 aliphatic carbocycles. The molecule has 12 heavy (non-hydrogen) atoms. The number of hydrogen-bond donors (Lipinski definition) is 1. The molecule has 0 aromatic carbocycles. The molecule has 1 heterocycles. The molecule has 0 saturated heterocycles. The minimum absolute atomic E-state index is 0.472. The minimum Gasteiger partial charge on any atom is -0.329 e. The number of nitrogens with two attached hydrogens (primary N) is 1. The summed E-state index contributed by atoms with van der Waals surface area (Å²) in [6.45, 7) is 2.83. The van der Waals surface area contributed by atoms with Crippen LogP contribution in [0.15, 0.2) is 23.6 Å². The first-order chi connectivity index (χ1) is 5.86. The molecule has 0 saturated carbocycles. The topological polar surface area (TPSA) is 51.8 Å². The maximum Gasteiger partial charge on any atom is 0.116 e. The van der Waals surface area contributed by atoms with Crippen molar-refractivity contribution in [2.45, 2.75) is 23.6 Å². The Bertz CT molecular complexity index is 211. The molecule has 0 bridgehead atoms. The molecule has 0 radical (unpaired) electrons. The smallest absolute Gasteiger partial charge is 0.116 e. The summed E-state index contributed by atoms with van der Waals surface area (Å²) in [7, 11) is 0. The van der Waals surface area contributed by atoms with E-state index in [1.165, 1.54) is 0 Å². The third kappa shape index (κ3) is 2.79. The molecule has 4 heteroatoms. The van der Waals surface area contributed by atoms with Crippen LogP contribution in [-0.4, -0.2) is 21.8 Å². The molecule has 1 unspecified atom stereocenters. The van der Waals surface area contributed by atoms with E-state index >= 15 is 0 Å². The Labute approximate surface area is 76.8 Å². The van der Waals surface area contributed by atoms with Gasteiger partial charge in [0.1, 0.15) is 6.33 Å². The summed E-state index contributed by atoms with van der Waals surface area (Å²) >= 11 is 1.71. The molecule has 3 nitrogen and oxygen atoms in total. The van der Waals surface area contributed by atoms with Crippen LogP contribution in [0, 0.1) is 0 Å². The van der Waals surface area contributed by atoms with Crippen LogP contribution in [0.4, 0.5) is 0 Å². The Balaban J connectivity index is 2.51. The van der Waals surface area contributed by atoms with Gasteiger partial charge in [-0.3, -0.25) is 0 Å². The highest BCUT2D eigenvalue weighted by Crippen LogP contribution is 2.21. The predicted molar refractivity (Wildman–Crippen MR) is 51.0 cm³/mol. The molecule has 1 rings (SSSR count). The molecule has 1 aromatic rings. The first-order valence-electron chi connectivity index (χ1n) is 3.99. The van der Waals surface area contributed by atoms with E-state index in [1.807, 2.05) is 6.07 Å². The molecule has 66 valence electrons. The van der Waals surface area contributed by atoms with Gasteiger partial charge in [-0.1, -0.05) is 6.92 Å². The first kappa shape index (κ1) is 9.48. The Morgan fingerprint density at radius 1 is 1.67 bits per heavy atom. The van der Waals surface area contributed by atoms with Gasteiger partial charge in [0.25, 0.3) is 0 Å². The lowest BCUT2D eigenvalue weighted by Gasteiger charge is -2.09. The van der Waals surface area contributed by atoms with Gasteiger partial charge in [0.15, 0.2) is 0 Å². The van der Waals surface area contributed by atoms with E-state index in [2.05, 4.69) is 16.9 Å². The fourth-order valence-corrected chi connectivity index (χ4v) is 1.67. The van der Waals surface area contributed by atoms with Gasteiger partial charge in [0.2, 0.25) is 0 Å². The van der Waals surface area contributed by atoms with E-state index in [-0.39, 0.29) is 0 Å². The van der Waals surface area contributed by atoms with E-state index in [9.17, 15) is 0 Å². The SMILES string of the molecule is CCC(CN)Sc1ccncn1. The average molecular weight is 183 g/mol. The van der Waals surface area contributed by atoms with Crippen molar-refractivity contribution >= 4 is 11.8 Å². The van der Waals surface area contributed by atoms with Crippen molar-refractivity contribution in [2.24, 2.45) is 5.73 Å². The van der Waals surface area contributed by atoms with E-state index in [4.69, 9.17) is 5.73 Å². The second kappa shape index (κ2) is 5.11. The molecular formula is C8H13N3S. The number of thioether (sulfide) groups is 1. The average Bonchev–Trinajstić information content (AvgIpc) is 2.16. The van der Waals surface area contributed by atoms with Gasteiger partial charge >= 0.3 is 0 Å². The summed E-state index contributed by atoms with van der Waals surface area (Å²) in [5.41, 5.74) is 5.57. The fourth-order valence-electron chi connectivity index (χ4n) is 0.817. The summed E-state index contributed by atoms with van der Waals surface area (Å²) < 4.78 is 0. The first-order valence-corrected chi connectivity index (χ1v) is 4.87. The van der Waals surface area contributed by atoms with E-state index in [0.717, 1.165) is 11.4 Å². The number of aromatic nitrogens is 2. The van der Waals surface area contributed by atoms with Crippen molar-refractivity contribution in [1.82, 2.24) is 9.97 Å². The lowest BCUT2D eigenvalue weighted by Crippen LogP contribution is -2.15. The molecule has 2 N–H and O–H groups in total. The van der Waals surface area contributed by atoms with Crippen LogP contribution < -0.4 is 5.73 Å². The monoisotopic (exact) mass is 183 g/mol. The van der Waals surface area contributed by atoms with Crippen LogP contribution in [0.2, 0.25) is 0 Å². The Morgan fingerprint density at radius 3 is 3.00 bits per heavy atom. The fraction of sp³-hybridized carbons (Fsp3) is 0.500.